The van der Waals surface area contributed by atoms with E-state index >= 15 is 0 Å². The molecule has 1 N–H and O–H groups in total. The Morgan fingerprint density at radius 1 is 0.833 bits per heavy atom. The van der Waals surface area contributed by atoms with E-state index < -0.39 is 0 Å². The van der Waals surface area contributed by atoms with Crippen LogP contribution in [0.4, 0.5) is 0 Å². The Hall–Kier alpha value is -0.670. The first kappa shape index (κ1) is 27.4. The van der Waals surface area contributed by atoms with Gasteiger partial charge in [-0.15, -0.1) is 0 Å². The molecule has 1 rings (SSSR count). The summed E-state index contributed by atoms with van der Waals surface area (Å²) in [5.74, 6) is 0. The minimum Gasteiger partial charge on any atom is -0.345 e. The number of rotatable bonds is 20. The van der Waals surface area contributed by atoms with Crippen molar-refractivity contribution in [1.29, 1.82) is 0 Å². The van der Waals surface area contributed by atoms with Gasteiger partial charge in [-0.3, -0.25) is 4.48 Å². The quantitative estimate of drug-likeness (QED) is 0.121. The van der Waals surface area contributed by atoms with Crippen LogP contribution in [0, 0.1) is 0 Å². The van der Waals surface area contributed by atoms with Crippen molar-refractivity contribution in [2.45, 2.75) is 142 Å². The molecule has 3 unspecified atom stereocenters. The molecule has 3 heteroatoms. The second-order valence-electron chi connectivity index (χ2n) is 9.50. The summed E-state index contributed by atoms with van der Waals surface area (Å²) < 4.78 is 0.662. The molecule has 1 aliphatic rings. The first-order valence-corrected chi connectivity index (χ1v) is 13.4. The fraction of sp³-hybridized carbons (Fsp3) is 0.889. The molecule has 0 saturated heterocycles. The highest BCUT2D eigenvalue weighted by atomic mass is 16.3. The highest BCUT2D eigenvalue weighted by molar-refractivity contribution is 5.60. The lowest BCUT2D eigenvalue weighted by Crippen LogP contribution is -2.57. The number of quaternary nitrogens is 1. The Morgan fingerprint density at radius 2 is 1.30 bits per heavy atom. The molecule has 0 aromatic rings. The van der Waals surface area contributed by atoms with Crippen molar-refractivity contribution in [3.63, 3.8) is 0 Å². The lowest BCUT2D eigenvalue weighted by Gasteiger charge is -2.39. The summed E-state index contributed by atoms with van der Waals surface area (Å²) in [7, 11) is 0. The van der Waals surface area contributed by atoms with Gasteiger partial charge in [-0.1, -0.05) is 109 Å². The van der Waals surface area contributed by atoms with Crippen molar-refractivity contribution in [3.05, 3.63) is 12.2 Å². The largest absolute Gasteiger partial charge is 0.345 e. The number of likely N-dealkylation sites (N-methyl/N-ethyl adjacent to an activating group) is 1. The summed E-state index contributed by atoms with van der Waals surface area (Å²) in [5.41, 5.74) is 0. The van der Waals surface area contributed by atoms with E-state index in [0.29, 0.717) is 4.48 Å². The van der Waals surface area contributed by atoms with E-state index in [0.717, 1.165) is 19.5 Å². The summed E-state index contributed by atoms with van der Waals surface area (Å²) >= 11 is 0. The van der Waals surface area contributed by atoms with Gasteiger partial charge in [0.25, 0.3) is 0 Å². The third kappa shape index (κ3) is 11.1. The summed E-state index contributed by atoms with van der Waals surface area (Å²) in [4.78, 5) is 4.60. The number of allylic oxidation sites excluding steroid dienone is 1. The first-order valence-electron chi connectivity index (χ1n) is 13.4. The smallest absolute Gasteiger partial charge is 0.204 e. The molecule has 0 spiro atoms. The van der Waals surface area contributed by atoms with Gasteiger partial charge in [0.05, 0.1) is 12.8 Å². The number of nitrogens with zero attached hydrogens (tertiary/aromatic N) is 2. The average Bonchev–Trinajstić information content (AvgIpc) is 3.17. The molecule has 0 fully saturated rings. The second kappa shape index (κ2) is 18.0. The second-order valence-corrected chi connectivity index (χ2v) is 9.50. The van der Waals surface area contributed by atoms with Crippen LogP contribution in [-0.2, 0) is 0 Å². The molecule has 30 heavy (non-hydrogen) atoms. The molecule has 0 aromatic carbocycles. The molecule has 0 amide bonds. The predicted molar refractivity (Wildman–Crippen MR) is 133 cm³/mol. The van der Waals surface area contributed by atoms with E-state index in [9.17, 15) is 5.11 Å². The van der Waals surface area contributed by atoms with Crippen LogP contribution in [-0.4, -0.2) is 41.3 Å². The Labute approximate surface area is 188 Å². The van der Waals surface area contributed by atoms with E-state index in [-0.39, 0.29) is 12.4 Å². The summed E-state index contributed by atoms with van der Waals surface area (Å²) in [6.07, 6.45) is 30.1. The predicted octanol–water partition coefficient (Wildman–Crippen LogP) is 7.78. The van der Waals surface area contributed by atoms with Gasteiger partial charge < -0.3 is 5.11 Å². The van der Waals surface area contributed by atoms with Gasteiger partial charge >= 0.3 is 0 Å². The van der Waals surface area contributed by atoms with Crippen molar-refractivity contribution in [2.24, 2.45) is 4.99 Å². The molecule has 0 saturated carbocycles. The van der Waals surface area contributed by atoms with Crippen molar-refractivity contribution < 1.29 is 9.59 Å². The normalized spacial score (nSPS) is 22.3. The Morgan fingerprint density at radius 3 is 1.73 bits per heavy atom. The fourth-order valence-corrected chi connectivity index (χ4v) is 4.75. The summed E-state index contributed by atoms with van der Waals surface area (Å²) in [6.45, 7) is 8.11. The maximum Gasteiger partial charge on any atom is 0.204 e. The number of hydrogen-bond acceptors (Lipinski definition) is 2. The number of aliphatic hydroxyl groups is 1. The van der Waals surface area contributed by atoms with Crippen LogP contribution in [0.25, 0.3) is 0 Å². The first-order chi connectivity index (χ1) is 14.7. The molecular formula is C27H53N2O+. The number of aliphatic hydroxyl groups excluding tert-OH is 1. The molecule has 1 aliphatic heterocycles. The Balaban J connectivity index is 1.88. The van der Waals surface area contributed by atoms with E-state index in [1.165, 1.54) is 103 Å². The van der Waals surface area contributed by atoms with Crippen LogP contribution in [0.15, 0.2) is 17.1 Å². The van der Waals surface area contributed by atoms with Crippen molar-refractivity contribution in [3.8, 4) is 0 Å². The lowest BCUT2D eigenvalue weighted by molar-refractivity contribution is -0.970. The number of unbranched alkanes of at least 4 members (excludes halogenated alkanes) is 16. The van der Waals surface area contributed by atoms with Gasteiger partial charge in [0.1, 0.15) is 6.54 Å². The topological polar surface area (TPSA) is 32.6 Å². The molecule has 176 valence electrons. The van der Waals surface area contributed by atoms with E-state index in [1.807, 2.05) is 13.1 Å². The van der Waals surface area contributed by atoms with Crippen LogP contribution in [0.2, 0.25) is 0 Å². The van der Waals surface area contributed by atoms with Crippen LogP contribution in [0.3, 0.4) is 0 Å². The minimum atomic E-state index is -0.359. The van der Waals surface area contributed by atoms with Crippen LogP contribution in [0.1, 0.15) is 130 Å². The standard InChI is InChI=1S/C27H53N2O/c1-4-6-7-8-9-10-11-12-13-14-15-16-17-18-19-20-21-22-23-27-28-24-25-29(27,5-2)26(3)30/h22-24,26-27,30H,4-21,25H2,1-3H3/q+1/b23-22+. The maximum absolute atomic E-state index is 10.2. The van der Waals surface area contributed by atoms with Gasteiger partial charge in [0.2, 0.25) is 6.17 Å². The molecule has 0 radical (unpaired) electrons. The van der Waals surface area contributed by atoms with Crippen LogP contribution < -0.4 is 0 Å². The van der Waals surface area contributed by atoms with Crippen molar-refractivity contribution in [2.75, 3.05) is 13.1 Å². The van der Waals surface area contributed by atoms with Crippen LogP contribution in [0.5, 0.6) is 0 Å². The third-order valence-electron chi connectivity index (χ3n) is 7.07. The van der Waals surface area contributed by atoms with Gasteiger partial charge in [0.15, 0.2) is 6.23 Å². The molecular weight excluding hydrogens is 368 g/mol. The lowest BCUT2D eigenvalue weighted by atomic mass is 10.0. The Bertz CT molecular complexity index is 446. The van der Waals surface area contributed by atoms with E-state index in [2.05, 4.69) is 31.0 Å². The summed E-state index contributed by atoms with van der Waals surface area (Å²) in [5, 5.41) is 10.2. The monoisotopic (exact) mass is 421 g/mol. The zero-order valence-corrected chi connectivity index (χ0v) is 20.7. The van der Waals surface area contributed by atoms with E-state index in [4.69, 9.17) is 0 Å². The highest BCUT2D eigenvalue weighted by Crippen LogP contribution is 2.24. The molecule has 1 heterocycles. The average molecular weight is 422 g/mol. The van der Waals surface area contributed by atoms with Gasteiger partial charge in [0, 0.05) is 6.92 Å². The minimum absolute atomic E-state index is 0.107. The van der Waals surface area contributed by atoms with Gasteiger partial charge in [-0.2, -0.15) is 0 Å². The number of aliphatic imine (C=N–C) groups is 1. The van der Waals surface area contributed by atoms with Crippen molar-refractivity contribution in [1.82, 2.24) is 0 Å². The molecule has 0 bridgehead atoms. The fourth-order valence-electron chi connectivity index (χ4n) is 4.75. The molecule has 0 aromatic heterocycles. The Kier molecular flexibility index (Phi) is 16.4. The zero-order chi connectivity index (χ0) is 21.9. The SMILES string of the molecule is CCCCCCCCCCCCCCCCCC/C=C/C1N=CC[N+]1(CC)C(C)O. The molecule has 3 nitrogen and oxygen atoms in total. The van der Waals surface area contributed by atoms with Crippen molar-refractivity contribution >= 4 is 6.21 Å². The molecule has 3 atom stereocenters. The molecule has 0 aliphatic carbocycles. The van der Waals surface area contributed by atoms with E-state index in [1.54, 1.807) is 0 Å². The summed E-state index contributed by atoms with van der Waals surface area (Å²) in [6, 6.07) is 0. The van der Waals surface area contributed by atoms with Gasteiger partial charge in [-0.05, 0) is 25.8 Å². The number of hydrogen-bond donors (Lipinski definition) is 1. The van der Waals surface area contributed by atoms with Crippen LogP contribution >= 0.6 is 0 Å². The maximum atomic E-state index is 10.2. The third-order valence-corrected chi connectivity index (χ3v) is 7.07. The highest BCUT2D eigenvalue weighted by Gasteiger charge is 2.40. The van der Waals surface area contributed by atoms with Gasteiger partial charge in [-0.25, -0.2) is 4.99 Å². The zero-order valence-electron chi connectivity index (χ0n) is 20.7.